The van der Waals surface area contributed by atoms with Gasteiger partial charge in [-0.2, -0.15) is 0 Å². The molecule has 0 aliphatic rings. The normalized spacial score (nSPS) is 18.9. The molecule has 0 unspecified atom stereocenters. The van der Waals surface area contributed by atoms with Crippen LogP contribution >= 0.6 is 0 Å². The van der Waals surface area contributed by atoms with E-state index in [4.69, 9.17) is 13.0 Å². The third-order valence-electron chi connectivity index (χ3n) is 2.88. The number of nitrogens with zero attached hydrogens (tertiary/aromatic N) is 2. The molecule has 0 fully saturated rings. The Morgan fingerprint density at radius 3 is 2.84 bits per heavy atom. The second-order valence-electron chi connectivity index (χ2n) is 4.29. The molecular weight excluding hydrogens is 244 g/mol. The standard InChI is InChI=1S/C14H22N2O3/c1-6-15(3)14(17)19-13-9-7-8-12(10-13)11(2)16(4,5)18/h7-11H,6H2,1-5H3/t11-/m0/s1/i4D3,5D3. The lowest BCUT2D eigenvalue weighted by atomic mass is 10.1. The molecule has 0 saturated heterocycles. The monoisotopic (exact) mass is 272 g/mol. The summed E-state index contributed by atoms with van der Waals surface area (Å²) in [6.07, 6.45) is -0.623. The summed E-state index contributed by atoms with van der Waals surface area (Å²) in [4.78, 5) is 13.1. The SMILES string of the molecule is [2H]C([2H])([2H])[N+]([O-])([C@@H](C)c1cccc(OC(=O)N(C)CC)c1)C([2H])([2H])[2H]. The number of hydroxylamine groups is 3. The largest absolute Gasteiger partial charge is 0.633 e. The molecule has 5 heteroatoms. The molecule has 1 aromatic rings. The fourth-order valence-corrected chi connectivity index (χ4v) is 1.36. The first-order valence-corrected chi connectivity index (χ1v) is 5.88. The predicted molar refractivity (Wildman–Crippen MR) is 74.7 cm³/mol. The molecule has 1 aromatic carbocycles. The molecule has 106 valence electrons. The summed E-state index contributed by atoms with van der Waals surface area (Å²) in [5.41, 5.74) is 0.145. The van der Waals surface area contributed by atoms with Crippen molar-refractivity contribution in [1.82, 2.24) is 4.90 Å². The highest BCUT2D eigenvalue weighted by atomic mass is 16.6. The van der Waals surface area contributed by atoms with Crippen LogP contribution in [0.5, 0.6) is 5.75 Å². The lowest BCUT2D eigenvalue weighted by molar-refractivity contribution is -0.870. The molecule has 19 heavy (non-hydrogen) atoms. The predicted octanol–water partition coefficient (Wildman–Crippen LogP) is 2.77. The smallest absolute Gasteiger partial charge is 0.414 e. The quantitative estimate of drug-likeness (QED) is 0.625. The lowest BCUT2D eigenvalue weighted by Gasteiger charge is -2.40. The van der Waals surface area contributed by atoms with Crippen molar-refractivity contribution in [2.45, 2.75) is 19.9 Å². The Kier molecular flexibility index (Phi) is 2.72. The number of quaternary nitrogens is 1. The minimum Gasteiger partial charge on any atom is -0.633 e. The summed E-state index contributed by atoms with van der Waals surface area (Å²) in [6.45, 7) is -3.20. The third kappa shape index (κ3) is 4.22. The molecule has 0 N–H and O–H groups in total. The van der Waals surface area contributed by atoms with Crippen molar-refractivity contribution < 1.29 is 22.4 Å². The van der Waals surface area contributed by atoms with E-state index in [0.717, 1.165) is 0 Å². The van der Waals surface area contributed by atoms with Crippen LogP contribution in [0.4, 0.5) is 4.79 Å². The van der Waals surface area contributed by atoms with Gasteiger partial charge in [0.05, 0.1) is 22.2 Å². The second-order valence-corrected chi connectivity index (χ2v) is 4.29. The number of carbonyl (C=O) groups excluding carboxylic acids is 1. The van der Waals surface area contributed by atoms with Crippen LogP contribution < -0.4 is 4.74 Å². The van der Waals surface area contributed by atoms with Crippen LogP contribution in [0, 0.1) is 5.21 Å². The van der Waals surface area contributed by atoms with Crippen molar-refractivity contribution in [3.63, 3.8) is 0 Å². The molecule has 0 heterocycles. The number of carbonyl (C=O) groups is 1. The van der Waals surface area contributed by atoms with Gasteiger partial charge in [-0.3, -0.25) is 0 Å². The Bertz CT molecular complexity index is 603. The van der Waals surface area contributed by atoms with Gasteiger partial charge in [-0.25, -0.2) is 4.79 Å². The van der Waals surface area contributed by atoms with Crippen LogP contribution in [0.15, 0.2) is 24.3 Å². The van der Waals surface area contributed by atoms with Gasteiger partial charge in [-0.15, -0.1) is 0 Å². The molecule has 0 radical (unpaired) electrons. The van der Waals surface area contributed by atoms with E-state index in [0.29, 0.717) is 6.54 Å². The van der Waals surface area contributed by atoms with E-state index in [1.807, 2.05) is 0 Å². The van der Waals surface area contributed by atoms with E-state index >= 15 is 0 Å². The van der Waals surface area contributed by atoms with Gasteiger partial charge < -0.3 is 19.5 Å². The Hall–Kier alpha value is -1.59. The Balaban J connectivity index is 3.23. The van der Waals surface area contributed by atoms with Gasteiger partial charge in [-0.1, -0.05) is 12.1 Å². The number of hydrogen-bond acceptors (Lipinski definition) is 3. The van der Waals surface area contributed by atoms with Crippen LogP contribution in [0.2, 0.25) is 0 Å². The number of benzene rings is 1. The van der Waals surface area contributed by atoms with Crippen LogP contribution in [0.25, 0.3) is 0 Å². The minimum absolute atomic E-state index is 0.0947. The molecule has 5 nitrogen and oxygen atoms in total. The van der Waals surface area contributed by atoms with E-state index in [-0.39, 0.29) is 11.3 Å². The molecule has 0 spiro atoms. The van der Waals surface area contributed by atoms with Gasteiger partial charge >= 0.3 is 6.09 Å². The Labute approximate surface area is 123 Å². The van der Waals surface area contributed by atoms with Crippen molar-refractivity contribution >= 4 is 6.09 Å². The zero-order chi connectivity index (χ0) is 19.6. The summed E-state index contributed by atoms with van der Waals surface area (Å²) in [6, 6.07) is 4.22. The average Bonchev–Trinajstić information content (AvgIpc) is 2.50. The molecule has 0 aliphatic heterocycles. The number of ether oxygens (including phenoxy) is 1. The summed E-state index contributed by atoms with van der Waals surface area (Å²) in [7, 11) is 1.54. The highest BCUT2D eigenvalue weighted by Crippen LogP contribution is 2.26. The zero-order valence-corrected chi connectivity index (χ0v) is 11.2. The summed E-state index contributed by atoms with van der Waals surface area (Å²) >= 11 is 0. The van der Waals surface area contributed by atoms with Gasteiger partial charge in [0.15, 0.2) is 0 Å². The van der Waals surface area contributed by atoms with E-state index in [1.165, 1.54) is 43.1 Å². The molecule has 0 aromatic heterocycles. The van der Waals surface area contributed by atoms with Crippen molar-refractivity contribution in [2.75, 3.05) is 27.5 Å². The van der Waals surface area contributed by atoms with Crippen LogP contribution in [-0.2, 0) is 0 Å². The van der Waals surface area contributed by atoms with Gasteiger partial charge in [0.25, 0.3) is 0 Å². The highest BCUT2D eigenvalue weighted by molar-refractivity contribution is 5.70. The topological polar surface area (TPSA) is 52.6 Å². The number of amides is 1. The average molecular weight is 272 g/mol. The fourth-order valence-electron chi connectivity index (χ4n) is 1.36. The van der Waals surface area contributed by atoms with E-state index in [2.05, 4.69) is 0 Å². The lowest BCUT2D eigenvalue weighted by Crippen LogP contribution is -2.35. The minimum atomic E-state index is -3.31. The summed E-state index contributed by atoms with van der Waals surface area (Å²) in [5.74, 6) is 0.0947. The van der Waals surface area contributed by atoms with Crippen molar-refractivity contribution in [2.24, 2.45) is 0 Å². The van der Waals surface area contributed by atoms with Crippen LogP contribution in [0.3, 0.4) is 0 Å². The first kappa shape index (κ1) is 8.55. The molecular formula is C14H22N2O3. The van der Waals surface area contributed by atoms with Gasteiger partial charge in [-0.05, 0) is 26.0 Å². The van der Waals surface area contributed by atoms with Crippen molar-refractivity contribution in [1.29, 1.82) is 0 Å². The van der Waals surface area contributed by atoms with E-state index in [1.54, 1.807) is 6.92 Å². The number of rotatable bonds is 4. The third-order valence-corrected chi connectivity index (χ3v) is 2.88. The van der Waals surface area contributed by atoms with E-state index in [9.17, 15) is 10.0 Å². The maximum atomic E-state index is 12.8. The highest BCUT2D eigenvalue weighted by Gasteiger charge is 2.18. The Morgan fingerprint density at radius 2 is 2.26 bits per heavy atom. The molecule has 1 rings (SSSR count). The van der Waals surface area contributed by atoms with E-state index < -0.39 is 30.7 Å². The molecule has 0 bridgehead atoms. The molecule has 1 amide bonds. The van der Waals surface area contributed by atoms with Gasteiger partial charge in [0, 0.05) is 19.2 Å². The Morgan fingerprint density at radius 1 is 1.58 bits per heavy atom. The second kappa shape index (κ2) is 6.04. The van der Waals surface area contributed by atoms with Crippen molar-refractivity contribution in [3.8, 4) is 5.75 Å². The summed E-state index contributed by atoms with van der Waals surface area (Å²) < 4.78 is 47.2. The zero-order valence-electron chi connectivity index (χ0n) is 17.2. The first-order valence-electron chi connectivity index (χ1n) is 8.88. The first-order chi connectivity index (χ1) is 11.3. The van der Waals surface area contributed by atoms with Gasteiger partial charge in [0.2, 0.25) is 0 Å². The summed E-state index contributed by atoms with van der Waals surface area (Å²) in [5, 5.41) is 12.8. The maximum Gasteiger partial charge on any atom is 0.414 e. The number of hydrogen-bond donors (Lipinski definition) is 0. The van der Waals surface area contributed by atoms with Crippen LogP contribution in [-0.4, -0.2) is 43.2 Å². The fraction of sp³-hybridized carbons (Fsp3) is 0.500. The van der Waals surface area contributed by atoms with Gasteiger partial charge in [0.1, 0.15) is 11.8 Å². The molecule has 1 atom stereocenters. The van der Waals surface area contributed by atoms with Crippen LogP contribution in [0.1, 0.15) is 33.7 Å². The molecule has 0 saturated carbocycles. The van der Waals surface area contributed by atoms with Crippen molar-refractivity contribution in [3.05, 3.63) is 35.0 Å². The molecule has 0 aliphatic carbocycles. The maximum absolute atomic E-state index is 12.8.